The molecular formula is C14H24N2O. The molecule has 0 radical (unpaired) electrons. The molecule has 0 aliphatic carbocycles. The molecule has 96 valence electrons. The van der Waals surface area contributed by atoms with Crippen molar-refractivity contribution in [1.29, 1.82) is 0 Å². The lowest BCUT2D eigenvalue weighted by atomic mass is 10.0. The van der Waals surface area contributed by atoms with Gasteiger partial charge in [0.1, 0.15) is 5.75 Å². The fourth-order valence-corrected chi connectivity index (χ4v) is 2.10. The fourth-order valence-electron chi connectivity index (χ4n) is 2.10. The SMILES string of the molecule is COc1ccc(CN(C)C(CN)C(C)C)cc1. The molecule has 0 fully saturated rings. The summed E-state index contributed by atoms with van der Waals surface area (Å²) in [6.45, 7) is 6.04. The highest BCUT2D eigenvalue weighted by molar-refractivity contribution is 5.27. The Morgan fingerprint density at radius 1 is 1.24 bits per heavy atom. The Kier molecular flexibility index (Phi) is 5.45. The van der Waals surface area contributed by atoms with E-state index in [-0.39, 0.29) is 0 Å². The molecule has 0 saturated carbocycles. The average Bonchev–Trinajstić information content (AvgIpc) is 2.30. The molecule has 1 rings (SSSR count). The zero-order valence-electron chi connectivity index (χ0n) is 11.3. The summed E-state index contributed by atoms with van der Waals surface area (Å²) in [5.74, 6) is 1.47. The van der Waals surface area contributed by atoms with Crippen molar-refractivity contribution in [3.63, 3.8) is 0 Å². The number of benzene rings is 1. The van der Waals surface area contributed by atoms with Gasteiger partial charge in [0.15, 0.2) is 0 Å². The smallest absolute Gasteiger partial charge is 0.118 e. The van der Waals surface area contributed by atoms with E-state index in [1.54, 1.807) is 7.11 Å². The first-order valence-electron chi connectivity index (χ1n) is 6.11. The summed E-state index contributed by atoms with van der Waals surface area (Å²) in [6.07, 6.45) is 0. The molecule has 3 heteroatoms. The average molecular weight is 236 g/mol. The Labute approximate surface area is 105 Å². The number of nitrogens with two attached hydrogens (primary N) is 1. The lowest BCUT2D eigenvalue weighted by Gasteiger charge is -2.30. The third-order valence-electron chi connectivity index (χ3n) is 3.17. The molecule has 0 aliphatic rings. The Balaban J connectivity index is 2.63. The van der Waals surface area contributed by atoms with Crippen LogP contribution in [0.15, 0.2) is 24.3 Å². The van der Waals surface area contributed by atoms with Gasteiger partial charge in [-0.1, -0.05) is 26.0 Å². The molecule has 0 heterocycles. The van der Waals surface area contributed by atoms with E-state index in [4.69, 9.17) is 10.5 Å². The first-order valence-corrected chi connectivity index (χ1v) is 6.11. The van der Waals surface area contributed by atoms with E-state index < -0.39 is 0 Å². The second kappa shape index (κ2) is 6.62. The summed E-state index contributed by atoms with van der Waals surface area (Å²) in [6, 6.07) is 8.62. The van der Waals surface area contributed by atoms with Crippen molar-refractivity contribution in [2.75, 3.05) is 20.7 Å². The third-order valence-corrected chi connectivity index (χ3v) is 3.17. The van der Waals surface area contributed by atoms with Gasteiger partial charge in [0.25, 0.3) is 0 Å². The van der Waals surface area contributed by atoms with Crippen molar-refractivity contribution >= 4 is 0 Å². The molecule has 1 atom stereocenters. The molecule has 0 aromatic heterocycles. The quantitative estimate of drug-likeness (QED) is 0.822. The summed E-state index contributed by atoms with van der Waals surface area (Å²) >= 11 is 0. The predicted octanol–water partition coefficient (Wildman–Crippen LogP) is 2.11. The van der Waals surface area contributed by atoms with Crippen molar-refractivity contribution in [2.24, 2.45) is 11.7 Å². The minimum absolute atomic E-state index is 0.428. The zero-order valence-corrected chi connectivity index (χ0v) is 11.3. The van der Waals surface area contributed by atoms with E-state index in [1.807, 2.05) is 12.1 Å². The second-order valence-corrected chi connectivity index (χ2v) is 4.81. The first kappa shape index (κ1) is 14.0. The van der Waals surface area contributed by atoms with Crippen LogP contribution < -0.4 is 10.5 Å². The molecule has 17 heavy (non-hydrogen) atoms. The van der Waals surface area contributed by atoms with Crippen LogP contribution in [0.5, 0.6) is 5.75 Å². The topological polar surface area (TPSA) is 38.5 Å². The molecule has 0 bridgehead atoms. The van der Waals surface area contributed by atoms with Crippen molar-refractivity contribution in [3.8, 4) is 5.75 Å². The Bertz CT molecular complexity index is 321. The van der Waals surface area contributed by atoms with Crippen LogP contribution in [0, 0.1) is 5.92 Å². The minimum Gasteiger partial charge on any atom is -0.497 e. The third kappa shape index (κ3) is 4.02. The van der Waals surface area contributed by atoms with E-state index in [0.717, 1.165) is 12.3 Å². The normalized spacial score (nSPS) is 13.1. The molecule has 0 amide bonds. The van der Waals surface area contributed by atoms with E-state index in [2.05, 4.69) is 37.9 Å². The van der Waals surface area contributed by atoms with Crippen molar-refractivity contribution in [3.05, 3.63) is 29.8 Å². The second-order valence-electron chi connectivity index (χ2n) is 4.81. The highest BCUT2D eigenvalue weighted by Gasteiger charge is 2.16. The maximum Gasteiger partial charge on any atom is 0.118 e. The van der Waals surface area contributed by atoms with Gasteiger partial charge < -0.3 is 10.5 Å². The minimum atomic E-state index is 0.428. The summed E-state index contributed by atoms with van der Waals surface area (Å²) < 4.78 is 5.15. The maximum absolute atomic E-state index is 5.81. The number of nitrogens with zero attached hydrogens (tertiary/aromatic N) is 1. The van der Waals surface area contributed by atoms with Crippen molar-refractivity contribution < 1.29 is 4.74 Å². The van der Waals surface area contributed by atoms with E-state index in [1.165, 1.54) is 5.56 Å². The van der Waals surface area contributed by atoms with Gasteiger partial charge in [-0.15, -0.1) is 0 Å². The van der Waals surface area contributed by atoms with Crippen LogP contribution in [0.1, 0.15) is 19.4 Å². The molecule has 2 N–H and O–H groups in total. The van der Waals surface area contributed by atoms with Crippen LogP contribution in [-0.4, -0.2) is 31.6 Å². The molecule has 1 aromatic carbocycles. The number of rotatable bonds is 6. The van der Waals surface area contributed by atoms with Gasteiger partial charge in [0, 0.05) is 19.1 Å². The number of likely N-dealkylation sites (N-methyl/N-ethyl adjacent to an activating group) is 1. The van der Waals surface area contributed by atoms with Gasteiger partial charge in [-0.05, 0) is 30.7 Å². The lowest BCUT2D eigenvalue weighted by Crippen LogP contribution is -2.41. The van der Waals surface area contributed by atoms with Crippen LogP contribution in [0.3, 0.4) is 0 Å². The van der Waals surface area contributed by atoms with Crippen molar-refractivity contribution in [2.45, 2.75) is 26.4 Å². The monoisotopic (exact) mass is 236 g/mol. The summed E-state index contributed by atoms with van der Waals surface area (Å²) in [7, 11) is 3.81. The van der Waals surface area contributed by atoms with Crippen molar-refractivity contribution in [1.82, 2.24) is 4.90 Å². The van der Waals surface area contributed by atoms with Crippen LogP contribution in [-0.2, 0) is 6.54 Å². The largest absolute Gasteiger partial charge is 0.497 e. The zero-order chi connectivity index (χ0) is 12.8. The van der Waals surface area contributed by atoms with E-state index in [9.17, 15) is 0 Å². The molecule has 1 aromatic rings. The Morgan fingerprint density at radius 2 is 1.82 bits per heavy atom. The number of hydrogen-bond donors (Lipinski definition) is 1. The molecule has 0 aliphatic heterocycles. The lowest BCUT2D eigenvalue weighted by molar-refractivity contribution is 0.190. The fraction of sp³-hybridized carbons (Fsp3) is 0.571. The highest BCUT2D eigenvalue weighted by atomic mass is 16.5. The van der Waals surface area contributed by atoms with Gasteiger partial charge in [-0.3, -0.25) is 4.90 Å². The Hall–Kier alpha value is -1.06. The van der Waals surface area contributed by atoms with Crippen LogP contribution in [0.4, 0.5) is 0 Å². The molecule has 0 spiro atoms. The van der Waals surface area contributed by atoms with Crippen LogP contribution >= 0.6 is 0 Å². The van der Waals surface area contributed by atoms with E-state index >= 15 is 0 Å². The highest BCUT2D eigenvalue weighted by Crippen LogP contribution is 2.15. The van der Waals surface area contributed by atoms with Gasteiger partial charge in [0.05, 0.1) is 7.11 Å². The first-order chi connectivity index (χ1) is 8.08. The molecular weight excluding hydrogens is 212 g/mol. The predicted molar refractivity (Wildman–Crippen MR) is 72.1 cm³/mol. The Morgan fingerprint density at radius 3 is 2.24 bits per heavy atom. The van der Waals surface area contributed by atoms with Gasteiger partial charge in [-0.2, -0.15) is 0 Å². The van der Waals surface area contributed by atoms with E-state index in [0.29, 0.717) is 18.5 Å². The standard InChI is InChI=1S/C14H24N2O/c1-11(2)14(9-15)16(3)10-12-5-7-13(17-4)8-6-12/h5-8,11,14H,9-10,15H2,1-4H3. The summed E-state index contributed by atoms with van der Waals surface area (Å²) in [5, 5.41) is 0. The summed E-state index contributed by atoms with van der Waals surface area (Å²) in [5.41, 5.74) is 7.10. The molecule has 0 saturated heterocycles. The molecule has 1 unspecified atom stereocenters. The van der Waals surface area contributed by atoms with Gasteiger partial charge >= 0.3 is 0 Å². The van der Waals surface area contributed by atoms with Crippen LogP contribution in [0.2, 0.25) is 0 Å². The number of ether oxygens (including phenoxy) is 1. The van der Waals surface area contributed by atoms with Crippen LogP contribution in [0.25, 0.3) is 0 Å². The number of hydrogen-bond acceptors (Lipinski definition) is 3. The molecule has 3 nitrogen and oxygen atoms in total. The van der Waals surface area contributed by atoms with Gasteiger partial charge in [0.2, 0.25) is 0 Å². The number of methoxy groups -OCH3 is 1. The maximum atomic E-state index is 5.81. The van der Waals surface area contributed by atoms with Gasteiger partial charge in [-0.25, -0.2) is 0 Å². The summed E-state index contributed by atoms with van der Waals surface area (Å²) in [4.78, 5) is 2.31.